The highest BCUT2D eigenvalue weighted by Gasteiger charge is 2.46. The molecule has 1 spiro atoms. The zero-order valence-corrected chi connectivity index (χ0v) is 15.2. The number of ether oxygens (including phenoxy) is 2. The molecule has 2 aliphatic rings. The summed E-state index contributed by atoms with van der Waals surface area (Å²) in [5.74, 6) is -0.165. The van der Waals surface area contributed by atoms with E-state index in [0.29, 0.717) is 17.0 Å². The van der Waals surface area contributed by atoms with Gasteiger partial charge in [-0.2, -0.15) is 0 Å². The summed E-state index contributed by atoms with van der Waals surface area (Å²) >= 11 is 0. The van der Waals surface area contributed by atoms with Crippen molar-refractivity contribution in [3.05, 3.63) is 48.1 Å². The second-order valence-corrected chi connectivity index (χ2v) is 7.35. The van der Waals surface area contributed by atoms with Gasteiger partial charge in [-0.05, 0) is 44.6 Å². The lowest BCUT2D eigenvalue weighted by atomic mass is 9.71. The van der Waals surface area contributed by atoms with E-state index in [2.05, 4.69) is 0 Å². The Hall–Kier alpha value is -2.89. The third-order valence-corrected chi connectivity index (χ3v) is 4.30. The molecule has 2 amide bonds. The van der Waals surface area contributed by atoms with Crippen molar-refractivity contribution in [1.29, 1.82) is 0 Å². The Morgan fingerprint density at radius 2 is 1.81 bits per heavy atom. The third kappa shape index (κ3) is 3.03. The van der Waals surface area contributed by atoms with Gasteiger partial charge in [0.15, 0.2) is 5.78 Å². The molecule has 0 unspecified atom stereocenters. The molecule has 3 rings (SSSR count). The van der Waals surface area contributed by atoms with Gasteiger partial charge in [0.05, 0.1) is 7.11 Å². The molecule has 0 atom stereocenters. The Morgan fingerprint density at radius 3 is 2.38 bits per heavy atom. The van der Waals surface area contributed by atoms with E-state index in [-0.39, 0.29) is 12.2 Å². The fourth-order valence-corrected chi connectivity index (χ4v) is 3.21. The lowest BCUT2D eigenvalue weighted by Crippen LogP contribution is -2.48. The predicted molar refractivity (Wildman–Crippen MR) is 96.3 cm³/mol. The summed E-state index contributed by atoms with van der Waals surface area (Å²) in [5.41, 5.74) is -0.467. The number of benzene rings is 1. The lowest BCUT2D eigenvalue weighted by molar-refractivity contribution is -0.119. The van der Waals surface area contributed by atoms with Gasteiger partial charge in [0.25, 0.3) is 0 Å². The molecule has 0 saturated heterocycles. The maximum Gasteiger partial charge on any atom is 0.421 e. The fourth-order valence-electron chi connectivity index (χ4n) is 3.21. The number of carbonyl (C=O) groups excluding carboxylic acids is 3. The van der Waals surface area contributed by atoms with Crippen molar-refractivity contribution in [1.82, 2.24) is 0 Å². The van der Waals surface area contributed by atoms with E-state index in [1.165, 1.54) is 19.3 Å². The molecule has 1 heterocycles. The molecule has 0 radical (unpaired) electrons. The van der Waals surface area contributed by atoms with Gasteiger partial charge in [-0.25, -0.2) is 9.69 Å². The van der Waals surface area contributed by atoms with Crippen LogP contribution in [-0.4, -0.2) is 30.5 Å². The number of rotatable bonds is 1. The summed E-state index contributed by atoms with van der Waals surface area (Å²) < 4.78 is 10.8. The smallest absolute Gasteiger partial charge is 0.421 e. The number of amides is 2. The Labute approximate surface area is 152 Å². The van der Waals surface area contributed by atoms with E-state index in [1.54, 1.807) is 45.1 Å². The Bertz CT molecular complexity index is 828. The Morgan fingerprint density at radius 1 is 1.15 bits per heavy atom. The quantitative estimate of drug-likeness (QED) is 0.773. The first-order valence-corrected chi connectivity index (χ1v) is 8.33. The maximum absolute atomic E-state index is 12.9. The van der Waals surface area contributed by atoms with Crippen molar-refractivity contribution in [3.63, 3.8) is 0 Å². The highest BCUT2D eigenvalue weighted by atomic mass is 16.6. The predicted octanol–water partition coefficient (Wildman–Crippen LogP) is 3.30. The van der Waals surface area contributed by atoms with Crippen LogP contribution >= 0.6 is 0 Å². The molecular weight excluding hydrogens is 334 g/mol. The highest BCUT2D eigenvalue weighted by molar-refractivity contribution is 6.16. The van der Waals surface area contributed by atoms with Gasteiger partial charge in [-0.1, -0.05) is 24.3 Å². The summed E-state index contributed by atoms with van der Waals surface area (Å²) in [5, 5.41) is 0. The molecule has 0 fully saturated rings. The summed E-state index contributed by atoms with van der Waals surface area (Å²) in [6.45, 7) is 5.21. The second-order valence-electron chi connectivity index (χ2n) is 7.35. The minimum absolute atomic E-state index is 0.0205. The Balaban J connectivity index is 2.18. The van der Waals surface area contributed by atoms with Gasteiger partial charge >= 0.3 is 6.09 Å². The summed E-state index contributed by atoms with van der Waals surface area (Å²) in [6.07, 6.45) is 5.57. The number of methoxy groups -OCH3 is 1. The van der Waals surface area contributed by atoms with Crippen molar-refractivity contribution >= 4 is 23.5 Å². The topological polar surface area (TPSA) is 72.9 Å². The molecular formula is C20H21NO5. The molecule has 26 heavy (non-hydrogen) atoms. The first kappa shape index (κ1) is 17.9. The number of carbonyl (C=O) groups is 3. The van der Waals surface area contributed by atoms with Gasteiger partial charge in [0.2, 0.25) is 5.91 Å². The van der Waals surface area contributed by atoms with Crippen LogP contribution in [0.4, 0.5) is 10.5 Å². The van der Waals surface area contributed by atoms with Gasteiger partial charge in [0, 0.05) is 11.8 Å². The van der Waals surface area contributed by atoms with Crippen LogP contribution in [0, 0.1) is 0 Å². The number of hydrogen-bond donors (Lipinski definition) is 0. The summed E-state index contributed by atoms with van der Waals surface area (Å²) in [4.78, 5) is 38.2. The van der Waals surface area contributed by atoms with Crippen LogP contribution in [0.3, 0.4) is 0 Å². The average molecular weight is 355 g/mol. The number of fused-ring (bicyclic) bond motifs is 2. The van der Waals surface area contributed by atoms with E-state index in [9.17, 15) is 14.4 Å². The zero-order valence-electron chi connectivity index (χ0n) is 15.2. The standard InChI is InChI=1S/C20H21NO5/c1-19(2,3)26-18(24)21-16(23)12-20(10-8-13(22)9-11-20)14-6-5-7-15(25-4)17(14)21/h5-11H,12H2,1-4H3. The number of nitrogens with zero attached hydrogens (tertiary/aromatic N) is 1. The van der Waals surface area contributed by atoms with E-state index in [1.807, 2.05) is 6.07 Å². The highest BCUT2D eigenvalue weighted by Crippen LogP contribution is 2.48. The van der Waals surface area contributed by atoms with Gasteiger partial charge < -0.3 is 9.47 Å². The lowest BCUT2D eigenvalue weighted by Gasteiger charge is -2.40. The number of ketones is 1. The number of para-hydroxylation sites is 1. The molecule has 0 saturated carbocycles. The SMILES string of the molecule is COc1cccc2c1N(C(=O)OC(C)(C)C)C(=O)CC21C=CC(=O)C=C1. The fraction of sp³-hybridized carbons (Fsp3) is 0.350. The minimum atomic E-state index is -0.784. The van der Waals surface area contributed by atoms with Crippen LogP contribution in [0.15, 0.2) is 42.5 Å². The number of anilines is 1. The molecule has 0 aromatic heterocycles. The largest absolute Gasteiger partial charge is 0.495 e. The van der Waals surface area contributed by atoms with Gasteiger partial charge in [-0.15, -0.1) is 0 Å². The number of allylic oxidation sites excluding steroid dienone is 4. The molecule has 1 aromatic rings. The van der Waals surface area contributed by atoms with E-state index in [4.69, 9.17) is 9.47 Å². The maximum atomic E-state index is 12.9. The number of hydrogen-bond acceptors (Lipinski definition) is 5. The van der Waals surface area contributed by atoms with Crippen molar-refractivity contribution in [2.45, 2.75) is 38.2 Å². The normalized spacial score (nSPS) is 18.1. The van der Waals surface area contributed by atoms with Gasteiger partial charge in [0.1, 0.15) is 17.0 Å². The molecule has 0 bridgehead atoms. The van der Waals surface area contributed by atoms with Crippen molar-refractivity contribution in [2.24, 2.45) is 0 Å². The second kappa shape index (κ2) is 6.12. The monoisotopic (exact) mass is 355 g/mol. The Kier molecular flexibility index (Phi) is 4.22. The molecule has 1 aromatic carbocycles. The van der Waals surface area contributed by atoms with Crippen molar-refractivity contribution in [2.75, 3.05) is 12.0 Å². The molecule has 6 heteroatoms. The van der Waals surface area contributed by atoms with Crippen LogP contribution in [0.5, 0.6) is 5.75 Å². The minimum Gasteiger partial charge on any atom is -0.495 e. The first-order valence-electron chi connectivity index (χ1n) is 8.33. The zero-order chi connectivity index (χ0) is 19.1. The number of imide groups is 1. The van der Waals surface area contributed by atoms with Crippen LogP contribution in [0.1, 0.15) is 32.8 Å². The van der Waals surface area contributed by atoms with Crippen molar-refractivity contribution < 1.29 is 23.9 Å². The summed E-state index contributed by atoms with van der Waals surface area (Å²) in [6, 6.07) is 5.30. The van der Waals surface area contributed by atoms with Crippen LogP contribution in [0.2, 0.25) is 0 Å². The van der Waals surface area contributed by atoms with Crippen LogP contribution < -0.4 is 9.64 Å². The molecule has 136 valence electrons. The van der Waals surface area contributed by atoms with E-state index >= 15 is 0 Å². The molecule has 0 N–H and O–H groups in total. The molecule has 1 aliphatic heterocycles. The average Bonchev–Trinajstić information content (AvgIpc) is 2.55. The van der Waals surface area contributed by atoms with E-state index < -0.39 is 23.0 Å². The molecule has 6 nitrogen and oxygen atoms in total. The van der Waals surface area contributed by atoms with Crippen molar-refractivity contribution in [3.8, 4) is 5.75 Å². The first-order chi connectivity index (χ1) is 12.2. The molecule has 1 aliphatic carbocycles. The van der Waals surface area contributed by atoms with Crippen LogP contribution in [0.25, 0.3) is 0 Å². The van der Waals surface area contributed by atoms with Crippen LogP contribution in [-0.2, 0) is 19.7 Å². The third-order valence-electron chi connectivity index (χ3n) is 4.30. The summed E-state index contributed by atoms with van der Waals surface area (Å²) in [7, 11) is 1.48. The van der Waals surface area contributed by atoms with Gasteiger partial charge in [-0.3, -0.25) is 9.59 Å². The van der Waals surface area contributed by atoms with E-state index in [0.717, 1.165) is 4.90 Å².